The Bertz CT molecular complexity index is 468. The molecule has 0 bridgehead atoms. The molecule has 0 saturated heterocycles. The number of rotatable bonds is 0. The smallest absolute Gasteiger partial charge is 0.138 e. The van der Waals surface area contributed by atoms with Crippen LogP contribution >= 0.6 is 0 Å². The standard InChI is InChI=1S/C9H8FN3/c1-5-12-7-4-2-3-6(10)8(7)9(11)13-5/h2-4H,1H3,(H2,11,12,13). The van der Waals surface area contributed by atoms with Gasteiger partial charge in [-0.05, 0) is 19.1 Å². The van der Waals surface area contributed by atoms with E-state index in [9.17, 15) is 4.39 Å². The number of aromatic nitrogens is 2. The summed E-state index contributed by atoms with van der Waals surface area (Å²) in [5.74, 6) is 0.367. The predicted molar refractivity (Wildman–Crippen MR) is 48.6 cm³/mol. The molecule has 0 atom stereocenters. The molecule has 13 heavy (non-hydrogen) atoms. The molecule has 2 N–H and O–H groups in total. The molecule has 0 amide bonds. The lowest BCUT2D eigenvalue weighted by Crippen LogP contribution is -1.98. The molecule has 66 valence electrons. The van der Waals surface area contributed by atoms with Crippen LogP contribution in [0.2, 0.25) is 0 Å². The molecule has 4 heteroatoms. The van der Waals surface area contributed by atoms with Crippen LogP contribution in [0.1, 0.15) is 5.82 Å². The third-order valence-electron chi connectivity index (χ3n) is 1.81. The Kier molecular flexibility index (Phi) is 1.62. The maximum atomic E-state index is 13.2. The first kappa shape index (κ1) is 7.91. The fraction of sp³-hybridized carbons (Fsp3) is 0.111. The van der Waals surface area contributed by atoms with Gasteiger partial charge < -0.3 is 5.73 Å². The molecular weight excluding hydrogens is 169 g/mol. The quantitative estimate of drug-likeness (QED) is 0.665. The number of fused-ring (bicyclic) bond motifs is 1. The second kappa shape index (κ2) is 2.65. The van der Waals surface area contributed by atoms with E-state index in [4.69, 9.17) is 5.73 Å². The zero-order valence-corrected chi connectivity index (χ0v) is 7.08. The van der Waals surface area contributed by atoms with Crippen molar-refractivity contribution < 1.29 is 4.39 Å². The highest BCUT2D eigenvalue weighted by atomic mass is 19.1. The minimum Gasteiger partial charge on any atom is -0.383 e. The summed E-state index contributed by atoms with van der Waals surface area (Å²) in [6.45, 7) is 1.72. The first-order valence-electron chi connectivity index (χ1n) is 3.87. The average molecular weight is 177 g/mol. The molecule has 1 aromatic carbocycles. The van der Waals surface area contributed by atoms with Crippen LogP contribution in [-0.4, -0.2) is 9.97 Å². The van der Waals surface area contributed by atoms with Gasteiger partial charge in [-0.2, -0.15) is 0 Å². The molecule has 2 rings (SSSR count). The number of nitrogen functional groups attached to an aromatic ring is 1. The van der Waals surface area contributed by atoms with Crippen molar-refractivity contribution in [3.05, 3.63) is 29.8 Å². The zero-order chi connectivity index (χ0) is 9.42. The van der Waals surface area contributed by atoms with E-state index < -0.39 is 0 Å². The van der Waals surface area contributed by atoms with Crippen LogP contribution in [0, 0.1) is 12.7 Å². The van der Waals surface area contributed by atoms with Gasteiger partial charge in [-0.25, -0.2) is 14.4 Å². The normalized spacial score (nSPS) is 10.6. The summed E-state index contributed by atoms with van der Waals surface area (Å²) >= 11 is 0. The van der Waals surface area contributed by atoms with Gasteiger partial charge in [0.15, 0.2) is 0 Å². The molecular formula is C9H8FN3. The van der Waals surface area contributed by atoms with Gasteiger partial charge in [0, 0.05) is 0 Å². The molecule has 1 heterocycles. The summed E-state index contributed by atoms with van der Waals surface area (Å²) < 4.78 is 13.2. The highest BCUT2D eigenvalue weighted by molar-refractivity contribution is 5.88. The molecule has 0 aliphatic carbocycles. The van der Waals surface area contributed by atoms with E-state index >= 15 is 0 Å². The van der Waals surface area contributed by atoms with Gasteiger partial charge in [0.2, 0.25) is 0 Å². The summed E-state index contributed by atoms with van der Waals surface area (Å²) in [4.78, 5) is 7.96. The molecule has 0 unspecified atom stereocenters. The number of nitrogens with two attached hydrogens (primary N) is 1. The number of aryl methyl sites for hydroxylation is 1. The van der Waals surface area contributed by atoms with Crippen LogP contribution in [0.5, 0.6) is 0 Å². The summed E-state index contributed by atoms with van der Waals surface area (Å²) in [5, 5.41) is 0.299. The third kappa shape index (κ3) is 1.20. The van der Waals surface area contributed by atoms with Gasteiger partial charge in [0.25, 0.3) is 0 Å². The first-order valence-corrected chi connectivity index (χ1v) is 3.87. The Morgan fingerprint density at radius 3 is 2.85 bits per heavy atom. The molecule has 0 saturated carbocycles. The maximum absolute atomic E-state index is 13.2. The molecule has 0 aliphatic rings. The van der Waals surface area contributed by atoms with Crippen molar-refractivity contribution in [2.75, 3.05) is 5.73 Å². The van der Waals surface area contributed by atoms with E-state index in [1.807, 2.05) is 0 Å². The summed E-state index contributed by atoms with van der Waals surface area (Å²) in [6, 6.07) is 4.66. The lowest BCUT2D eigenvalue weighted by Gasteiger charge is -2.02. The number of benzene rings is 1. The van der Waals surface area contributed by atoms with Gasteiger partial charge in [-0.15, -0.1) is 0 Å². The van der Waals surface area contributed by atoms with Crippen molar-refractivity contribution in [3.63, 3.8) is 0 Å². The van der Waals surface area contributed by atoms with E-state index in [0.29, 0.717) is 16.7 Å². The summed E-state index contributed by atoms with van der Waals surface area (Å²) in [6.07, 6.45) is 0. The Balaban J connectivity index is 2.94. The fourth-order valence-electron chi connectivity index (χ4n) is 1.29. The summed E-state index contributed by atoms with van der Waals surface area (Å²) in [7, 11) is 0. The molecule has 0 fully saturated rings. The SMILES string of the molecule is Cc1nc(N)c2c(F)cccc2n1. The third-order valence-corrected chi connectivity index (χ3v) is 1.81. The van der Waals surface area contributed by atoms with Crippen molar-refractivity contribution in [2.24, 2.45) is 0 Å². The number of hydrogen-bond acceptors (Lipinski definition) is 3. The monoisotopic (exact) mass is 177 g/mol. The van der Waals surface area contributed by atoms with Gasteiger partial charge >= 0.3 is 0 Å². The van der Waals surface area contributed by atoms with Gasteiger partial charge in [0.1, 0.15) is 17.5 Å². The summed E-state index contributed by atoms with van der Waals surface area (Å²) in [5.41, 5.74) is 6.11. The van der Waals surface area contributed by atoms with Gasteiger partial charge in [-0.1, -0.05) is 6.07 Å². The first-order chi connectivity index (χ1) is 6.18. The number of halogens is 1. The molecule has 0 spiro atoms. The van der Waals surface area contributed by atoms with Crippen LogP contribution in [0.25, 0.3) is 10.9 Å². The highest BCUT2D eigenvalue weighted by Gasteiger charge is 2.06. The van der Waals surface area contributed by atoms with E-state index in [0.717, 1.165) is 0 Å². The van der Waals surface area contributed by atoms with Crippen molar-refractivity contribution in [3.8, 4) is 0 Å². The Labute approximate surface area is 74.4 Å². The highest BCUT2D eigenvalue weighted by Crippen LogP contribution is 2.20. The van der Waals surface area contributed by atoms with E-state index in [1.54, 1.807) is 19.1 Å². The predicted octanol–water partition coefficient (Wildman–Crippen LogP) is 1.66. The van der Waals surface area contributed by atoms with Gasteiger partial charge in [-0.3, -0.25) is 0 Å². The molecule has 1 aromatic heterocycles. The van der Waals surface area contributed by atoms with Crippen molar-refractivity contribution >= 4 is 16.7 Å². The fourth-order valence-corrected chi connectivity index (χ4v) is 1.29. The molecule has 3 nitrogen and oxygen atoms in total. The average Bonchev–Trinajstić information content (AvgIpc) is 2.02. The second-order valence-corrected chi connectivity index (χ2v) is 2.79. The number of nitrogens with zero attached hydrogens (tertiary/aromatic N) is 2. The molecule has 0 aliphatic heterocycles. The van der Waals surface area contributed by atoms with E-state index in [-0.39, 0.29) is 11.6 Å². The van der Waals surface area contributed by atoms with Crippen molar-refractivity contribution in [1.29, 1.82) is 0 Å². The molecule has 2 aromatic rings. The van der Waals surface area contributed by atoms with E-state index in [2.05, 4.69) is 9.97 Å². The van der Waals surface area contributed by atoms with Crippen molar-refractivity contribution in [2.45, 2.75) is 6.92 Å². The van der Waals surface area contributed by atoms with Gasteiger partial charge in [0.05, 0.1) is 10.9 Å². The number of anilines is 1. The maximum Gasteiger partial charge on any atom is 0.138 e. The minimum atomic E-state index is -0.380. The second-order valence-electron chi connectivity index (χ2n) is 2.79. The van der Waals surface area contributed by atoms with Crippen LogP contribution in [-0.2, 0) is 0 Å². The zero-order valence-electron chi connectivity index (χ0n) is 7.08. The largest absolute Gasteiger partial charge is 0.383 e. The van der Waals surface area contributed by atoms with Crippen LogP contribution in [0.3, 0.4) is 0 Å². The lowest BCUT2D eigenvalue weighted by molar-refractivity contribution is 0.639. The Morgan fingerprint density at radius 2 is 2.08 bits per heavy atom. The Hall–Kier alpha value is -1.71. The van der Waals surface area contributed by atoms with Crippen LogP contribution in [0.4, 0.5) is 10.2 Å². The minimum absolute atomic E-state index is 0.195. The molecule has 0 radical (unpaired) electrons. The van der Waals surface area contributed by atoms with E-state index in [1.165, 1.54) is 6.07 Å². The van der Waals surface area contributed by atoms with Crippen LogP contribution < -0.4 is 5.73 Å². The Morgan fingerprint density at radius 1 is 1.31 bits per heavy atom. The topological polar surface area (TPSA) is 51.8 Å². The van der Waals surface area contributed by atoms with Crippen molar-refractivity contribution in [1.82, 2.24) is 9.97 Å². The van der Waals surface area contributed by atoms with Crippen LogP contribution in [0.15, 0.2) is 18.2 Å². The number of hydrogen-bond donors (Lipinski definition) is 1. The lowest BCUT2D eigenvalue weighted by atomic mass is 10.2.